The third-order valence-corrected chi connectivity index (χ3v) is 2.89. The lowest BCUT2D eigenvalue weighted by Crippen LogP contribution is -2.35. The van der Waals surface area contributed by atoms with Crippen LogP contribution in [0.2, 0.25) is 0 Å². The fourth-order valence-electron chi connectivity index (χ4n) is 1.85. The number of esters is 1. The molecule has 0 saturated carbocycles. The predicted octanol–water partition coefficient (Wildman–Crippen LogP) is 1.64. The van der Waals surface area contributed by atoms with Gasteiger partial charge in [-0.15, -0.1) is 0 Å². The number of ether oxygens (including phenoxy) is 2. The van der Waals surface area contributed by atoms with E-state index in [9.17, 15) is 4.79 Å². The first-order valence-corrected chi connectivity index (χ1v) is 5.12. The minimum atomic E-state index is -0.433. The van der Waals surface area contributed by atoms with Crippen molar-refractivity contribution in [2.75, 3.05) is 7.11 Å². The number of fused-ring (bicyclic) bond motifs is 1. The number of carbonyl (C=O) groups excluding carboxylic acids is 1. The van der Waals surface area contributed by atoms with Crippen LogP contribution in [0.3, 0.4) is 0 Å². The summed E-state index contributed by atoms with van der Waals surface area (Å²) in [6, 6.07) is 4.95. The van der Waals surface area contributed by atoms with Crippen molar-refractivity contribution >= 4 is 5.97 Å². The molecule has 0 bridgehead atoms. The molecule has 0 fully saturated rings. The van der Waals surface area contributed by atoms with Gasteiger partial charge in [0.25, 0.3) is 0 Å². The summed E-state index contributed by atoms with van der Waals surface area (Å²) < 4.78 is 10.4. The normalized spacial score (nSPS) is 21.1. The molecule has 4 heteroatoms. The van der Waals surface area contributed by atoms with Crippen LogP contribution in [-0.2, 0) is 4.74 Å². The molecule has 2 N–H and O–H groups in total. The van der Waals surface area contributed by atoms with Gasteiger partial charge < -0.3 is 15.2 Å². The molecule has 1 unspecified atom stereocenters. The molecule has 1 heterocycles. The number of methoxy groups -OCH3 is 1. The second-order valence-electron chi connectivity index (χ2n) is 4.43. The average Bonchev–Trinajstić information content (AvgIpc) is 2.48. The molecular weight excluding hydrogens is 206 g/mol. The van der Waals surface area contributed by atoms with Crippen molar-refractivity contribution in [3.05, 3.63) is 29.3 Å². The van der Waals surface area contributed by atoms with Crippen LogP contribution in [0.1, 0.15) is 35.8 Å². The number of carbonyl (C=O) groups is 1. The lowest BCUT2D eigenvalue weighted by atomic mass is 9.94. The van der Waals surface area contributed by atoms with Gasteiger partial charge in [0.15, 0.2) is 0 Å². The van der Waals surface area contributed by atoms with Crippen LogP contribution < -0.4 is 10.5 Å². The molecular formula is C12H15NO3. The highest BCUT2D eigenvalue weighted by Gasteiger charge is 2.38. The maximum absolute atomic E-state index is 11.4. The van der Waals surface area contributed by atoms with Crippen LogP contribution in [-0.4, -0.2) is 18.7 Å². The van der Waals surface area contributed by atoms with Crippen LogP contribution in [0.25, 0.3) is 0 Å². The Morgan fingerprint density at radius 3 is 2.81 bits per heavy atom. The van der Waals surface area contributed by atoms with E-state index < -0.39 is 5.60 Å². The topological polar surface area (TPSA) is 61.5 Å². The van der Waals surface area contributed by atoms with Crippen LogP contribution in [0.4, 0.5) is 0 Å². The highest BCUT2D eigenvalue weighted by atomic mass is 16.5. The Labute approximate surface area is 94.3 Å². The van der Waals surface area contributed by atoms with Gasteiger partial charge in [-0.2, -0.15) is 0 Å². The van der Waals surface area contributed by atoms with Crippen LogP contribution >= 0.6 is 0 Å². The van der Waals surface area contributed by atoms with E-state index in [4.69, 9.17) is 10.5 Å². The van der Waals surface area contributed by atoms with Gasteiger partial charge in [-0.25, -0.2) is 4.79 Å². The van der Waals surface area contributed by atoms with Crippen molar-refractivity contribution in [1.82, 2.24) is 0 Å². The Balaban J connectivity index is 2.43. The third kappa shape index (κ3) is 1.55. The van der Waals surface area contributed by atoms with Gasteiger partial charge in [-0.1, -0.05) is 0 Å². The summed E-state index contributed by atoms with van der Waals surface area (Å²) in [6.07, 6.45) is 0. The van der Waals surface area contributed by atoms with E-state index in [1.165, 1.54) is 7.11 Å². The summed E-state index contributed by atoms with van der Waals surface area (Å²) in [5, 5.41) is 0. The summed E-state index contributed by atoms with van der Waals surface area (Å²) >= 11 is 0. The molecule has 0 saturated heterocycles. The number of hydrogen-bond donors (Lipinski definition) is 1. The van der Waals surface area contributed by atoms with Gasteiger partial charge in [-0.3, -0.25) is 0 Å². The van der Waals surface area contributed by atoms with E-state index in [0.29, 0.717) is 5.56 Å². The van der Waals surface area contributed by atoms with Crippen molar-refractivity contribution in [1.29, 1.82) is 0 Å². The van der Waals surface area contributed by atoms with Crippen molar-refractivity contribution in [2.24, 2.45) is 5.73 Å². The summed E-state index contributed by atoms with van der Waals surface area (Å²) in [5.41, 5.74) is 6.98. The van der Waals surface area contributed by atoms with E-state index >= 15 is 0 Å². The summed E-state index contributed by atoms with van der Waals surface area (Å²) in [7, 11) is 1.36. The van der Waals surface area contributed by atoms with E-state index in [2.05, 4.69) is 4.74 Å². The molecule has 1 aliphatic heterocycles. The number of hydrogen-bond acceptors (Lipinski definition) is 4. The number of benzene rings is 1. The van der Waals surface area contributed by atoms with Crippen LogP contribution in [0.5, 0.6) is 5.75 Å². The lowest BCUT2D eigenvalue weighted by Gasteiger charge is -2.22. The first-order valence-electron chi connectivity index (χ1n) is 5.12. The molecule has 0 aliphatic carbocycles. The van der Waals surface area contributed by atoms with Gasteiger partial charge in [0.1, 0.15) is 11.4 Å². The van der Waals surface area contributed by atoms with Crippen molar-refractivity contribution < 1.29 is 14.3 Å². The second-order valence-corrected chi connectivity index (χ2v) is 4.43. The first kappa shape index (κ1) is 11.0. The van der Waals surface area contributed by atoms with Crippen LogP contribution in [0.15, 0.2) is 18.2 Å². The third-order valence-electron chi connectivity index (χ3n) is 2.89. The molecule has 4 nitrogen and oxygen atoms in total. The van der Waals surface area contributed by atoms with E-state index in [0.717, 1.165) is 11.3 Å². The van der Waals surface area contributed by atoms with Crippen LogP contribution in [0, 0.1) is 0 Å². The minimum Gasteiger partial charge on any atom is -0.486 e. The van der Waals surface area contributed by atoms with Gasteiger partial charge in [0.2, 0.25) is 0 Å². The summed E-state index contributed by atoms with van der Waals surface area (Å²) in [5.74, 6) is 0.379. The minimum absolute atomic E-state index is 0.230. The Hall–Kier alpha value is -1.55. The van der Waals surface area contributed by atoms with E-state index in [-0.39, 0.29) is 12.0 Å². The van der Waals surface area contributed by atoms with Gasteiger partial charge in [-0.05, 0) is 32.0 Å². The Bertz CT molecular complexity index is 440. The van der Waals surface area contributed by atoms with E-state index in [1.807, 2.05) is 13.8 Å². The number of rotatable bonds is 1. The molecule has 0 radical (unpaired) electrons. The second kappa shape index (κ2) is 3.49. The zero-order chi connectivity index (χ0) is 11.9. The SMILES string of the molecule is COC(=O)c1ccc2c(c1)C(N)C(C)(C)O2. The molecule has 1 aromatic carbocycles. The fourth-order valence-corrected chi connectivity index (χ4v) is 1.85. The highest BCUT2D eigenvalue weighted by molar-refractivity contribution is 5.89. The molecule has 16 heavy (non-hydrogen) atoms. The standard InChI is InChI=1S/C12H15NO3/c1-12(2)10(13)8-6-7(11(14)15-3)4-5-9(8)16-12/h4-6,10H,13H2,1-3H3. The molecule has 0 spiro atoms. The summed E-state index contributed by atoms with van der Waals surface area (Å²) in [6.45, 7) is 3.85. The first-order chi connectivity index (χ1) is 7.45. The maximum atomic E-state index is 11.4. The summed E-state index contributed by atoms with van der Waals surface area (Å²) in [4.78, 5) is 11.4. The van der Waals surface area contributed by atoms with Crippen molar-refractivity contribution in [3.63, 3.8) is 0 Å². The Morgan fingerprint density at radius 1 is 1.50 bits per heavy atom. The molecule has 86 valence electrons. The van der Waals surface area contributed by atoms with E-state index in [1.54, 1.807) is 18.2 Å². The van der Waals surface area contributed by atoms with Gasteiger partial charge >= 0.3 is 5.97 Å². The molecule has 1 aromatic rings. The van der Waals surface area contributed by atoms with Gasteiger partial charge in [0, 0.05) is 5.56 Å². The monoisotopic (exact) mass is 221 g/mol. The maximum Gasteiger partial charge on any atom is 0.337 e. The zero-order valence-electron chi connectivity index (χ0n) is 9.61. The molecule has 0 amide bonds. The molecule has 0 aromatic heterocycles. The molecule has 1 aliphatic rings. The van der Waals surface area contributed by atoms with Crippen molar-refractivity contribution in [3.8, 4) is 5.75 Å². The largest absolute Gasteiger partial charge is 0.486 e. The Kier molecular flexibility index (Phi) is 2.39. The lowest BCUT2D eigenvalue weighted by molar-refractivity contribution is 0.0600. The average molecular weight is 221 g/mol. The Morgan fingerprint density at radius 2 is 2.19 bits per heavy atom. The quantitative estimate of drug-likeness (QED) is 0.732. The fraction of sp³-hybridized carbons (Fsp3) is 0.417. The highest BCUT2D eigenvalue weighted by Crippen LogP contribution is 2.41. The zero-order valence-corrected chi connectivity index (χ0v) is 9.61. The molecule has 1 atom stereocenters. The van der Waals surface area contributed by atoms with Gasteiger partial charge in [0.05, 0.1) is 18.7 Å². The molecule has 2 rings (SSSR count). The van der Waals surface area contributed by atoms with Crippen molar-refractivity contribution in [2.45, 2.75) is 25.5 Å². The smallest absolute Gasteiger partial charge is 0.337 e. The number of nitrogens with two attached hydrogens (primary N) is 1. The predicted molar refractivity (Wildman–Crippen MR) is 59.4 cm³/mol.